The van der Waals surface area contributed by atoms with Gasteiger partial charge in [0.25, 0.3) is 0 Å². The third-order valence-corrected chi connectivity index (χ3v) is 2.35. The number of hydrogen-bond acceptors (Lipinski definition) is 2. The Morgan fingerprint density at radius 3 is 3.00 bits per heavy atom. The van der Waals surface area contributed by atoms with Gasteiger partial charge < -0.3 is 5.32 Å². The second kappa shape index (κ2) is 5.55. The van der Waals surface area contributed by atoms with Gasteiger partial charge in [0.05, 0.1) is 6.54 Å². The maximum Gasteiger partial charge on any atom is 0.0765 e. The monoisotopic (exact) mass is 191 g/mol. The average molecular weight is 191 g/mol. The Balaban J connectivity index is 2.59. The van der Waals surface area contributed by atoms with E-state index in [1.807, 2.05) is 13.0 Å². The average Bonchev–Trinajstić information content (AvgIpc) is 2.19. The highest BCUT2D eigenvalue weighted by Gasteiger charge is 1.91. The zero-order valence-electron chi connectivity index (χ0n) is 7.92. The molecule has 2 heteroatoms. The molecule has 0 aliphatic carbocycles. The van der Waals surface area contributed by atoms with Crippen LogP contribution in [-0.2, 0) is 0 Å². The Bertz CT molecular complexity index is 322. The van der Waals surface area contributed by atoms with Crippen LogP contribution in [-0.4, -0.2) is 12.8 Å². The summed E-state index contributed by atoms with van der Waals surface area (Å²) in [5, 5.41) is 3.23. The van der Waals surface area contributed by atoms with E-state index in [0.717, 1.165) is 5.69 Å². The summed E-state index contributed by atoms with van der Waals surface area (Å²) >= 11 is 1.75. The standard InChI is InChI=1S/C11H13NS/c1-3-4-8-12-10-6-5-7-11(9-10)13-2/h5-7,9,12H,8H2,1-2H3. The summed E-state index contributed by atoms with van der Waals surface area (Å²) in [6, 6.07) is 8.33. The highest BCUT2D eigenvalue weighted by Crippen LogP contribution is 2.18. The summed E-state index contributed by atoms with van der Waals surface area (Å²) in [6.45, 7) is 2.56. The second-order valence-electron chi connectivity index (χ2n) is 2.51. The van der Waals surface area contributed by atoms with E-state index < -0.39 is 0 Å². The second-order valence-corrected chi connectivity index (χ2v) is 3.39. The lowest BCUT2D eigenvalue weighted by molar-refractivity contribution is 1.34. The smallest absolute Gasteiger partial charge is 0.0765 e. The van der Waals surface area contributed by atoms with Gasteiger partial charge in [0.2, 0.25) is 0 Å². The number of rotatable bonds is 3. The lowest BCUT2D eigenvalue weighted by Crippen LogP contribution is -1.97. The van der Waals surface area contributed by atoms with Gasteiger partial charge >= 0.3 is 0 Å². The zero-order valence-corrected chi connectivity index (χ0v) is 8.74. The molecule has 1 rings (SSSR count). The summed E-state index contributed by atoms with van der Waals surface area (Å²) in [5.41, 5.74) is 1.13. The van der Waals surface area contributed by atoms with Crippen molar-refractivity contribution in [2.24, 2.45) is 0 Å². The van der Waals surface area contributed by atoms with Crippen LogP contribution in [0.15, 0.2) is 29.2 Å². The highest BCUT2D eigenvalue weighted by molar-refractivity contribution is 7.98. The van der Waals surface area contributed by atoms with Gasteiger partial charge in [0.15, 0.2) is 0 Å². The van der Waals surface area contributed by atoms with E-state index in [1.165, 1.54) is 4.90 Å². The van der Waals surface area contributed by atoms with E-state index in [4.69, 9.17) is 0 Å². The topological polar surface area (TPSA) is 12.0 Å². The fourth-order valence-corrected chi connectivity index (χ4v) is 1.43. The molecular weight excluding hydrogens is 178 g/mol. The number of benzene rings is 1. The fraction of sp³-hybridized carbons (Fsp3) is 0.273. The number of nitrogens with one attached hydrogen (secondary N) is 1. The molecule has 1 aromatic rings. The predicted octanol–water partition coefficient (Wildman–Crippen LogP) is 2.84. The molecular formula is C11H13NS. The third kappa shape index (κ3) is 3.43. The maximum atomic E-state index is 3.23. The SMILES string of the molecule is CC#CCNc1cccc(SC)c1. The molecule has 1 nitrogen and oxygen atoms in total. The molecule has 0 spiro atoms. The summed E-state index contributed by atoms with van der Waals surface area (Å²) in [4.78, 5) is 1.27. The highest BCUT2D eigenvalue weighted by atomic mass is 32.2. The van der Waals surface area contributed by atoms with Crippen LogP contribution in [0.5, 0.6) is 0 Å². The van der Waals surface area contributed by atoms with E-state index in [-0.39, 0.29) is 0 Å². The van der Waals surface area contributed by atoms with E-state index in [1.54, 1.807) is 11.8 Å². The van der Waals surface area contributed by atoms with Crippen molar-refractivity contribution >= 4 is 17.4 Å². The normalized spacial score (nSPS) is 8.77. The van der Waals surface area contributed by atoms with Gasteiger partial charge in [-0.05, 0) is 31.4 Å². The molecule has 13 heavy (non-hydrogen) atoms. The molecule has 0 saturated carbocycles. The van der Waals surface area contributed by atoms with E-state index in [2.05, 4.69) is 41.6 Å². The molecule has 0 atom stereocenters. The Kier molecular flexibility index (Phi) is 4.28. The molecule has 0 saturated heterocycles. The van der Waals surface area contributed by atoms with Crippen molar-refractivity contribution < 1.29 is 0 Å². The molecule has 0 bridgehead atoms. The minimum absolute atomic E-state index is 0.717. The molecule has 0 fully saturated rings. The zero-order chi connectivity index (χ0) is 9.52. The van der Waals surface area contributed by atoms with Crippen molar-refractivity contribution in [1.82, 2.24) is 0 Å². The Hall–Kier alpha value is -1.07. The number of thioether (sulfide) groups is 1. The lowest BCUT2D eigenvalue weighted by Gasteiger charge is -2.03. The van der Waals surface area contributed by atoms with Crippen LogP contribution in [0.4, 0.5) is 5.69 Å². The van der Waals surface area contributed by atoms with E-state index in [9.17, 15) is 0 Å². The molecule has 0 aromatic heterocycles. The minimum atomic E-state index is 0.717. The van der Waals surface area contributed by atoms with Crippen LogP contribution in [0, 0.1) is 11.8 Å². The molecule has 1 N–H and O–H groups in total. The Morgan fingerprint density at radius 1 is 1.46 bits per heavy atom. The van der Waals surface area contributed by atoms with Gasteiger partial charge in [0, 0.05) is 10.6 Å². The van der Waals surface area contributed by atoms with Gasteiger partial charge in [-0.1, -0.05) is 12.0 Å². The quantitative estimate of drug-likeness (QED) is 0.582. The molecule has 0 unspecified atom stereocenters. The molecule has 0 radical (unpaired) electrons. The molecule has 0 aliphatic heterocycles. The number of hydrogen-bond donors (Lipinski definition) is 1. The molecule has 68 valence electrons. The van der Waals surface area contributed by atoms with Gasteiger partial charge in [-0.2, -0.15) is 0 Å². The largest absolute Gasteiger partial charge is 0.374 e. The summed E-state index contributed by atoms with van der Waals surface area (Å²) in [7, 11) is 0. The van der Waals surface area contributed by atoms with Crippen molar-refractivity contribution in [3.8, 4) is 11.8 Å². The Morgan fingerprint density at radius 2 is 2.31 bits per heavy atom. The Labute approximate surface area is 83.9 Å². The lowest BCUT2D eigenvalue weighted by atomic mass is 10.3. The third-order valence-electron chi connectivity index (χ3n) is 1.63. The van der Waals surface area contributed by atoms with Crippen LogP contribution in [0.25, 0.3) is 0 Å². The van der Waals surface area contributed by atoms with Crippen molar-refractivity contribution in [3.63, 3.8) is 0 Å². The van der Waals surface area contributed by atoms with Gasteiger partial charge in [-0.3, -0.25) is 0 Å². The van der Waals surface area contributed by atoms with Crippen molar-refractivity contribution in [3.05, 3.63) is 24.3 Å². The first-order chi connectivity index (χ1) is 6.36. The molecule has 1 aromatic carbocycles. The van der Waals surface area contributed by atoms with Crippen LogP contribution in [0.1, 0.15) is 6.92 Å². The van der Waals surface area contributed by atoms with Crippen LogP contribution < -0.4 is 5.32 Å². The van der Waals surface area contributed by atoms with Crippen molar-refractivity contribution in [1.29, 1.82) is 0 Å². The molecule has 0 heterocycles. The first kappa shape index (κ1) is 10.0. The van der Waals surface area contributed by atoms with Gasteiger partial charge in [0.1, 0.15) is 0 Å². The van der Waals surface area contributed by atoms with E-state index in [0.29, 0.717) is 6.54 Å². The number of anilines is 1. The van der Waals surface area contributed by atoms with Crippen LogP contribution >= 0.6 is 11.8 Å². The fourth-order valence-electron chi connectivity index (χ4n) is 0.968. The van der Waals surface area contributed by atoms with Gasteiger partial charge in [-0.15, -0.1) is 17.7 Å². The first-order valence-electron chi connectivity index (χ1n) is 4.14. The predicted molar refractivity (Wildman–Crippen MR) is 60.2 cm³/mol. The van der Waals surface area contributed by atoms with Gasteiger partial charge in [-0.25, -0.2) is 0 Å². The van der Waals surface area contributed by atoms with Crippen LogP contribution in [0.3, 0.4) is 0 Å². The summed E-state index contributed by atoms with van der Waals surface area (Å²) < 4.78 is 0. The summed E-state index contributed by atoms with van der Waals surface area (Å²) in [6.07, 6.45) is 2.07. The maximum absolute atomic E-state index is 3.23. The van der Waals surface area contributed by atoms with E-state index >= 15 is 0 Å². The van der Waals surface area contributed by atoms with Crippen molar-refractivity contribution in [2.75, 3.05) is 18.1 Å². The molecule has 0 aliphatic rings. The minimum Gasteiger partial charge on any atom is -0.374 e. The van der Waals surface area contributed by atoms with Crippen LogP contribution in [0.2, 0.25) is 0 Å². The first-order valence-corrected chi connectivity index (χ1v) is 5.37. The molecule has 0 amide bonds. The summed E-state index contributed by atoms with van der Waals surface area (Å²) in [5.74, 6) is 5.82. The van der Waals surface area contributed by atoms with Crippen molar-refractivity contribution in [2.45, 2.75) is 11.8 Å².